The van der Waals surface area contributed by atoms with Crippen LogP contribution in [0.4, 0.5) is 0 Å². The summed E-state index contributed by atoms with van der Waals surface area (Å²) in [6.07, 6.45) is 0. The monoisotopic (exact) mass is 136 g/mol. The minimum absolute atomic E-state index is 0.653. The van der Waals surface area contributed by atoms with Crippen LogP contribution >= 0.6 is 10.7 Å². The maximum absolute atomic E-state index is 2.38. The van der Waals surface area contributed by atoms with Crippen LogP contribution in [-0.2, 0) is 0 Å². The highest BCUT2D eigenvalue weighted by Gasteiger charge is 2.07. The lowest BCUT2D eigenvalue weighted by Gasteiger charge is -2.09. The fourth-order valence-corrected chi connectivity index (χ4v) is 0. The van der Waals surface area contributed by atoms with E-state index in [0.29, 0.717) is 0 Å². The first-order valence-corrected chi connectivity index (χ1v) is 10.0. The molecule has 0 aliphatic rings. The molecule has 0 aliphatic carbocycles. The summed E-state index contributed by atoms with van der Waals surface area (Å²) in [6, 6.07) is 0. The van der Waals surface area contributed by atoms with E-state index in [9.17, 15) is 0 Å². The van der Waals surface area contributed by atoms with E-state index in [0.717, 1.165) is 0 Å². The summed E-state index contributed by atoms with van der Waals surface area (Å²) in [5, 5.41) is 0. The van der Waals surface area contributed by atoms with Crippen molar-refractivity contribution in [1.29, 1.82) is 0 Å². The van der Waals surface area contributed by atoms with E-state index >= 15 is 0 Å². The van der Waals surface area contributed by atoms with Crippen LogP contribution in [0.25, 0.3) is 0 Å². The molecule has 0 amide bonds. The Morgan fingerprint density at radius 2 is 1.50 bits per heavy atom. The molecule has 3 heteroatoms. The van der Waals surface area contributed by atoms with Crippen molar-refractivity contribution in [3.05, 3.63) is 0 Å². The van der Waals surface area contributed by atoms with Crippen molar-refractivity contribution in [3.63, 3.8) is 0 Å². The van der Waals surface area contributed by atoms with E-state index in [1.165, 1.54) is 9.39 Å². The summed E-state index contributed by atoms with van der Waals surface area (Å²) in [7, 11) is 2.83. The molecule has 0 atom stereocenters. The standard InChI is InChI=1S/C3H12SSi2/c1-6(2,3)4-5/h1-3,5H3. The smallest absolute Gasteiger partial charge is 0.0992 e. The zero-order chi connectivity index (χ0) is 5.21. The Morgan fingerprint density at radius 1 is 1.33 bits per heavy atom. The molecule has 38 valence electrons. The van der Waals surface area contributed by atoms with Gasteiger partial charge >= 0.3 is 0 Å². The fourth-order valence-electron chi connectivity index (χ4n) is 0. The van der Waals surface area contributed by atoms with Crippen molar-refractivity contribution in [3.8, 4) is 0 Å². The average Bonchev–Trinajstić information content (AvgIpc) is 1.35. The summed E-state index contributed by atoms with van der Waals surface area (Å²) in [6.45, 7) is 7.14. The van der Waals surface area contributed by atoms with E-state index in [1.54, 1.807) is 0 Å². The predicted octanol–water partition coefficient (Wildman–Crippen LogP) is 0.835. The van der Waals surface area contributed by atoms with E-state index in [2.05, 4.69) is 30.3 Å². The second kappa shape index (κ2) is 2.18. The van der Waals surface area contributed by atoms with Gasteiger partial charge in [-0.05, 0) is 0 Å². The Balaban J connectivity index is 3.17. The van der Waals surface area contributed by atoms with Gasteiger partial charge in [0.2, 0.25) is 0 Å². The first kappa shape index (κ1) is 6.78. The zero-order valence-electron chi connectivity index (χ0n) is 4.91. The molecule has 0 rings (SSSR count). The quantitative estimate of drug-likeness (QED) is 0.481. The highest BCUT2D eigenvalue weighted by atomic mass is 32.5. The van der Waals surface area contributed by atoms with Gasteiger partial charge in [0, 0.05) is 0 Å². The van der Waals surface area contributed by atoms with Crippen molar-refractivity contribution in [1.82, 2.24) is 0 Å². The van der Waals surface area contributed by atoms with Crippen LogP contribution < -0.4 is 0 Å². The maximum Gasteiger partial charge on any atom is 0.0992 e. The summed E-state index contributed by atoms with van der Waals surface area (Å²) in [5.41, 5.74) is 0. The minimum atomic E-state index is -0.653. The van der Waals surface area contributed by atoms with Crippen molar-refractivity contribution >= 4 is 27.3 Å². The molecular formula is C3H12SSi2. The molecule has 0 saturated heterocycles. The molecule has 0 aromatic rings. The normalized spacial score (nSPS) is 12.5. The van der Waals surface area contributed by atoms with Gasteiger partial charge in [0.1, 0.15) is 0 Å². The Morgan fingerprint density at radius 3 is 1.50 bits per heavy atom. The lowest BCUT2D eigenvalue weighted by atomic mass is 11.8. The van der Waals surface area contributed by atoms with Gasteiger partial charge < -0.3 is 0 Å². The van der Waals surface area contributed by atoms with Gasteiger partial charge in [-0.3, -0.25) is 0 Å². The van der Waals surface area contributed by atoms with Crippen LogP contribution in [0.3, 0.4) is 0 Å². The Hall–Kier alpha value is 0.784. The minimum Gasteiger partial charge on any atom is -0.218 e. The van der Waals surface area contributed by atoms with E-state index in [4.69, 9.17) is 0 Å². The van der Waals surface area contributed by atoms with Crippen molar-refractivity contribution in [2.24, 2.45) is 0 Å². The van der Waals surface area contributed by atoms with Gasteiger partial charge in [-0.15, -0.1) is 0 Å². The Kier molecular flexibility index (Phi) is 2.47. The van der Waals surface area contributed by atoms with E-state index in [1.807, 2.05) is 0 Å². The number of hydrogen-bond donors (Lipinski definition) is 0. The topological polar surface area (TPSA) is 0 Å². The van der Waals surface area contributed by atoms with Gasteiger partial charge in [-0.1, -0.05) is 19.6 Å². The average molecular weight is 136 g/mol. The summed E-state index contributed by atoms with van der Waals surface area (Å²) >= 11 is 0. The van der Waals surface area contributed by atoms with E-state index in [-0.39, 0.29) is 0 Å². The second-order valence-corrected chi connectivity index (χ2v) is 15.5. The third-order valence-corrected chi connectivity index (χ3v) is 16.5. The van der Waals surface area contributed by atoms with Crippen LogP contribution in [0.5, 0.6) is 0 Å². The predicted molar refractivity (Wildman–Crippen MR) is 40.9 cm³/mol. The van der Waals surface area contributed by atoms with Gasteiger partial charge in [0.25, 0.3) is 0 Å². The molecule has 0 unspecified atom stereocenters. The number of rotatable bonds is 1. The molecule has 0 saturated carbocycles. The molecule has 0 spiro atoms. The SMILES string of the molecule is C[Si](C)(C)S[SiH3]. The molecule has 0 radical (unpaired) electrons. The largest absolute Gasteiger partial charge is 0.218 e. The Labute approximate surface area is 47.4 Å². The summed E-state index contributed by atoms with van der Waals surface area (Å²) in [5.74, 6) is 0. The second-order valence-electron chi connectivity index (χ2n) is 2.32. The van der Waals surface area contributed by atoms with Gasteiger partial charge in [-0.2, -0.15) is 0 Å². The first-order chi connectivity index (χ1) is 2.56. The van der Waals surface area contributed by atoms with Crippen LogP contribution in [0.15, 0.2) is 0 Å². The van der Waals surface area contributed by atoms with Crippen molar-refractivity contribution < 1.29 is 0 Å². The maximum atomic E-state index is 2.38. The highest BCUT2D eigenvalue weighted by Crippen LogP contribution is 2.12. The Bertz CT molecular complexity index is 38.5. The van der Waals surface area contributed by atoms with Crippen molar-refractivity contribution in [2.45, 2.75) is 19.6 Å². The van der Waals surface area contributed by atoms with Gasteiger partial charge in [-0.25, -0.2) is 10.7 Å². The molecule has 0 aromatic heterocycles. The van der Waals surface area contributed by atoms with Crippen LogP contribution in [0.1, 0.15) is 0 Å². The third-order valence-electron chi connectivity index (χ3n) is 0.612. The molecule has 0 heterocycles. The van der Waals surface area contributed by atoms with Crippen molar-refractivity contribution in [2.75, 3.05) is 0 Å². The molecule has 0 nitrogen and oxygen atoms in total. The summed E-state index contributed by atoms with van der Waals surface area (Å²) in [4.78, 5) is 0. The molecule has 0 bridgehead atoms. The molecule has 0 aliphatic heterocycles. The molecule has 6 heavy (non-hydrogen) atoms. The van der Waals surface area contributed by atoms with Gasteiger partial charge in [0.05, 0.1) is 16.6 Å². The lowest BCUT2D eigenvalue weighted by molar-refractivity contribution is 1.88. The zero-order valence-corrected chi connectivity index (χ0v) is 8.72. The third kappa shape index (κ3) is 4.78. The van der Waals surface area contributed by atoms with E-state index < -0.39 is 7.22 Å². The molecular weight excluding hydrogens is 124 g/mol. The van der Waals surface area contributed by atoms with Gasteiger partial charge in [0.15, 0.2) is 0 Å². The molecule has 0 aromatic carbocycles. The van der Waals surface area contributed by atoms with Crippen LogP contribution in [0, 0.1) is 0 Å². The highest BCUT2D eigenvalue weighted by molar-refractivity contribution is 8.43. The summed E-state index contributed by atoms with van der Waals surface area (Å²) < 4.78 is 0. The molecule has 0 fully saturated rings. The lowest BCUT2D eigenvalue weighted by Crippen LogP contribution is -2.12. The first-order valence-electron chi connectivity index (χ1n) is 2.11. The fraction of sp³-hybridized carbons (Fsp3) is 1.00. The molecule has 0 N–H and O–H groups in total. The van der Waals surface area contributed by atoms with Crippen LogP contribution in [-0.4, -0.2) is 16.6 Å². The van der Waals surface area contributed by atoms with Crippen LogP contribution in [0.2, 0.25) is 19.6 Å². The number of hydrogen-bond acceptors (Lipinski definition) is 1.